The Kier molecular flexibility index (Phi) is 16.3. The normalized spacial score (nSPS) is 22.7. The molecule has 5 aliphatic rings. The number of ketones is 2. The fraction of sp³-hybridized carbons (Fsp3) is 0.396. The molecule has 0 aromatic heterocycles. The summed E-state index contributed by atoms with van der Waals surface area (Å²) in [6.07, 6.45) is -0.127. The Morgan fingerprint density at radius 3 is 2.31 bits per heavy atom. The van der Waals surface area contributed by atoms with Crippen LogP contribution in [-0.4, -0.2) is 140 Å². The number of epoxide rings is 1. The van der Waals surface area contributed by atoms with Gasteiger partial charge in [0.1, 0.15) is 31.0 Å². The molecule has 9 amide bonds. The lowest BCUT2D eigenvalue weighted by Gasteiger charge is -2.38. The maximum absolute atomic E-state index is 14.2. The van der Waals surface area contributed by atoms with Gasteiger partial charge in [-0.1, -0.05) is 43.9 Å². The van der Waals surface area contributed by atoms with Crippen LogP contribution >= 0.6 is 12.6 Å². The van der Waals surface area contributed by atoms with Crippen molar-refractivity contribution in [3.63, 3.8) is 0 Å². The van der Waals surface area contributed by atoms with Gasteiger partial charge in [0.05, 0.1) is 34.2 Å². The Hall–Kier alpha value is -8.31. The Labute approximate surface area is 451 Å². The van der Waals surface area contributed by atoms with Crippen molar-refractivity contribution in [2.45, 2.75) is 106 Å². The molecule has 2 fully saturated rings. The monoisotopic (exact) mass is 1090 g/mol. The van der Waals surface area contributed by atoms with Crippen LogP contribution in [-0.2, 0) is 50.4 Å². The van der Waals surface area contributed by atoms with E-state index in [4.69, 9.17) is 15.2 Å². The highest BCUT2D eigenvalue weighted by Crippen LogP contribution is 2.67. The van der Waals surface area contributed by atoms with Crippen molar-refractivity contribution in [3.8, 4) is 17.6 Å². The van der Waals surface area contributed by atoms with Crippen molar-refractivity contribution in [1.82, 2.24) is 26.2 Å². The number of benzene rings is 3. The summed E-state index contributed by atoms with van der Waals surface area (Å²) in [5.74, 6) is -0.288. The van der Waals surface area contributed by atoms with Crippen molar-refractivity contribution >= 4 is 88.8 Å². The zero-order valence-corrected chi connectivity index (χ0v) is 43.3. The number of nitrogens with two attached hydrogens (primary N) is 1. The zero-order chi connectivity index (χ0) is 56.4. The van der Waals surface area contributed by atoms with Crippen LogP contribution in [0.25, 0.3) is 0 Å². The number of primary amides is 1. The summed E-state index contributed by atoms with van der Waals surface area (Å²) < 4.78 is 11.4. The molecule has 0 radical (unpaired) electrons. The van der Waals surface area contributed by atoms with Gasteiger partial charge in [-0.3, -0.25) is 43.3 Å². The van der Waals surface area contributed by atoms with E-state index in [0.717, 1.165) is 4.90 Å². The van der Waals surface area contributed by atoms with E-state index in [1.54, 1.807) is 32.1 Å². The second-order valence-corrected chi connectivity index (χ2v) is 20.2. The maximum atomic E-state index is 14.2. The molecule has 3 heterocycles. The number of carbonyl (C=O) groups excluding carboxylic acids is 10. The molecule has 0 spiro atoms. The van der Waals surface area contributed by atoms with E-state index in [9.17, 15) is 63.3 Å². The lowest BCUT2D eigenvalue weighted by molar-refractivity contribution is -0.138. The van der Waals surface area contributed by atoms with Crippen LogP contribution in [0.1, 0.15) is 95.8 Å². The van der Waals surface area contributed by atoms with Gasteiger partial charge < -0.3 is 67.7 Å². The van der Waals surface area contributed by atoms with Crippen molar-refractivity contribution in [2.24, 2.45) is 11.7 Å². The number of phenols is 1. The van der Waals surface area contributed by atoms with Crippen LogP contribution in [0.5, 0.6) is 5.75 Å². The van der Waals surface area contributed by atoms with Crippen LogP contribution < -0.4 is 43.0 Å². The number of ether oxygens (including phenoxy) is 2. The fourth-order valence-electron chi connectivity index (χ4n) is 10.1. The SMILES string of the molecule is CC(C)[C@H](NC(=O)CCCN1C(=O)CC(S)C1=O)C(=O)N[C@@H](CCCNC(N)=O)C(=O)Nc1ccc(COC(=O)NCC(=O)Nc2ccc3c(c2)C(=O)c2c(O)cc4c(c2C3=O)N[C@H]2/C=C\C#C[C@@H](O)[C@@]43O[C@@]23[C@@H](C)O)cc1. The van der Waals surface area contributed by atoms with Gasteiger partial charge in [-0.15, -0.1) is 0 Å². The number of likely N-dealkylation sites (tertiary alicyclic amines) is 1. The molecule has 2 bridgehead atoms. The first kappa shape index (κ1) is 55.9. The Balaban J connectivity index is 0.824. The molecule has 3 aliphatic heterocycles. The van der Waals surface area contributed by atoms with Gasteiger partial charge in [-0.05, 0) is 80.1 Å². The number of allylic oxidation sites excluding steroid dienone is 1. The topological polar surface area (TPSA) is 367 Å². The van der Waals surface area contributed by atoms with Gasteiger partial charge in [-0.2, -0.15) is 12.6 Å². The number of hydrogen-bond donors (Lipinski definition) is 12. The third-order valence-electron chi connectivity index (χ3n) is 14.0. The molecule has 78 heavy (non-hydrogen) atoms. The average molecular weight is 1090 g/mol. The fourth-order valence-corrected chi connectivity index (χ4v) is 10.4. The molecule has 8 atom stereocenters. The molecule has 2 aliphatic carbocycles. The van der Waals surface area contributed by atoms with E-state index in [-0.39, 0.29) is 96.9 Å². The highest BCUT2D eigenvalue weighted by Gasteiger charge is 2.82. The molecule has 410 valence electrons. The van der Waals surface area contributed by atoms with Gasteiger partial charge in [0.2, 0.25) is 35.4 Å². The van der Waals surface area contributed by atoms with Crippen molar-refractivity contribution in [2.75, 3.05) is 35.6 Å². The van der Waals surface area contributed by atoms with Crippen LogP contribution in [0.2, 0.25) is 0 Å². The summed E-state index contributed by atoms with van der Waals surface area (Å²) in [6, 6.07) is 7.56. The first-order valence-corrected chi connectivity index (χ1v) is 25.5. The van der Waals surface area contributed by atoms with Crippen molar-refractivity contribution < 1.29 is 72.7 Å². The van der Waals surface area contributed by atoms with Gasteiger partial charge in [0.15, 0.2) is 28.9 Å². The van der Waals surface area contributed by atoms with E-state index in [0.29, 0.717) is 11.3 Å². The van der Waals surface area contributed by atoms with Crippen LogP contribution in [0.4, 0.5) is 26.7 Å². The minimum Gasteiger partial charge on any atom is -0.507 e. The standard InChI is InChI=1S/C53H57N9O15S/c1-25(2)43(61-38(66)11-7-19-62-40(68)22-35(78)49(62)73)48(72)59-33(8-6-18-55-50(54)74)47(71)58-28-14-12-27(13-15-28)24-76-51(75)56-23-39(67)57-29-16-17-30-31(20-29)46(70)41-34(64)21-32-44(42(41)45(30)69)60-36-9-4-5-10-37(65)53(32)52(36,77-53)26(3)63/h4,9,12-17,20-21,25-26,33,35-37,43,60,63-65,78H,6-8,11,18-19,22-24H2,1-3H3,(H,56,75)(H,57,67)(H,58,71)(H,59,72)(H,61,66)(H3,54,55,74)/b9-4-/t26-,33+,35?,36+,37-,43+,52+,53+/m1/s1. The highest BCUT2D eigenvalue weighted by molar-refractivity contribution is 7.81. The first-order chi connectivity index (χ1) is 37.1. The number of rotatable bonds is 20. The van der Waals surface area contributed by atoms with Crippen LogP contribution in [0.3, 0.4) is 0 Å². The number of carbonyl (C=O) groups is 10. The van der Waals surface area contributed by atoms with Gasteiger partial charge in [0.25, 0.3) is 0 Å². The van der Waals surface area contributed by atoms with E-state index in [2.05, 4.69) is 61.7 Å². The summed E-state index contributed by atoms with van der Waals surface area (Å²) in [7, 11) is 0. The number of anilines is 3. The molecule has 1 unspecified atom stereocenters. The number of urea groups is 1. The number of aromatic hydroxyl groups is 1. The largest absolute Gasteiger partial charge is 0.507 e. The molecule has 12 N–H and O–H groups in total. The third-order valence-corrected chi connectivity index (χ3v) is 14.4. The Bertz CT molecular complexity index is 3120. The zero-order valence-electron chi connectivity index (χ0n) is 42.4. The molecule has 0 saturated carbocycles. The molecule has 2 saturated heterocycles. The number of aliphatic hydroxyl groups is 2. The lowest BCUT2D eigenvalue weighted by atomic mass is 9.69. The maximum Gasteiger partial charge on any atom is 0.407 e. The van der Waals surface area contributed by atoms with E-state index in [1.165, 1.54) is 49.4 Å². The van der Waals surface area contributed by atoms with Crippen LogP contribution in [0.15, 0.2) is 60.7 Å². The van der Waals surface area contributed by atoms with E-state index >= 15 is 0 Å². The van der Waals surface area contributed by atoms with Crippen molar-refractivity contribution in [1.29, 1.82) is 0 Å². The van der Waals surface area contributed by atoms with Crippen molar-refractivity contribution in [3.05, 3.63) is 94.1 Å². The molecule has 3 aromatic carbocycles. The number of nitrogens with one attached hydrogen (secondary N) is 7. The number of hydrogen-bond acceptors (Lipinski definition) is 17. The molecular formula is C53H57N9O15S. The third kappa shape index (κ3) is 11.0. The summed E-state index contributed by atoms with van der Waals surface area (Å²) in [5.41, 5.74) is 2.66. The number of amides is 9. The minimum atomic E-state index is -1.64. The average Bonchev–Trinajstić information content (AvgIpc) is 4.21. The number of imide groups is 1. The molecule has 25 heteroatoms. The smallest absolute Gasteiger partial charge is 0.407 e. The molecule has 3 aromatic rings. The molecular weight excluding hydrogens is 1030 g/mol. The quantitative estimate of drug-likeness (QED) is 0.0146. The number of nitrogens with zero attached hydrogens (tertiary/aromatic N) is 1. The predicted octanol–water partition coefficient (Wildman–Crippen LogP) is 0.956. The summed E-state index contributed by atoms with van der Waals surface area (Å²) >= 11 is 4.10. The van der Waals surface area contributed by atoms with Crippen LogP contribution in [0, 0.1) is 17.8 Å². The van der Waals surface area contributed by atoms with E-state index in [1.807, 2.05) is 0 Å². The Morgan fingerprint density at radius 1 is 0.910 bits per heavy atom. The molecule has 8 rings (SSSR count). The number of alkyl carbamates (subject to hydrolysis) is 1. The highest BCUT2D eigenvalue weighted by atomic mass is 32.1. The lowest BCUT2D eigenvalue weighted by Crippen LogP contribution is -2.54. The number of fused-ring (bicyclic) bond motifs is 4. The predicted molar refractivity (Wildman–Crippen MR) is 280 cm³/mol. The first-order valence-electron chi connectivity index (χ1n) is 25.0. The Morgan fingerprint density at radius 2 is 1.63 bits per heavy atom. The molecule has 24 nitrogen and oxygen atoms in total. The second-order valence-electron chi connectivity index (χ2n) is 19.6. The number of phenolic OH excluding ortho intramolecular Hbond substituents is 1. The number of aliphatic hydroxyl groups excluding tert-OH is 2. The van der Waals surface area contributed by atoms with Gasteiger partial charge >= 0.3 is 12.1 Å². The van der Waals surface area contributed by atoms with Gasteiger partial charge in [-0.25, -0.2) is 9.59 Å². The summed E-state index contributed by atoms with van der Waals surface area (Å²) in [6.45, 7) is 4.19. The van der Waals surface area contributed by atoms with Gasteiger partial charge in [0, 0.05) is 54.0 Å². The van der Waals surface area contributed by atoms with E-state index < -0.39 is 118 Å². The second kappa shape index (κ2) is 22.7. The summed E-state index contributed by atoms with van der Waals surface area (Å²) in [5, 5.41) is 51.3. The minimum absolute atomic E-state index is 0.0172. The number of thiol groups is 1. The summed E-state index contributed by atoms with van der Waals surface area (Å²) in [4.78, 5) is 131.